The number of halogens is 1. The van der Waals surface area contributed by atoms with Crippen molar-refractivity contribution in [1.82, 2.24) is 4.81 Å². The van der Waals surface area contributed by atoms with Crippen LogP contribution in [0.3, 0.4) is 0 Å². The van der Waals surface area contributed by atoms with E-state index >= 15 is 0 Å². The fourth-order valence-corrected chi connectivity index (χ4v) is 1.53. The van der Waals surface area contributed by atoms with E-state index in [0.717, 1.165) is 25.9 Å². The molecule has 1 fully saturated rings. The molecule has 0 amide bonds. The van der Waals surface area contributed by atoms with Crippen molar-refractivity contribution in [1.29, 1.82) is 0 Å². The minimum atomic E-state index is 0.998. The number of nitrogens with zero attached hydrogens (tertiary/aromatic N) is 1. The van der Waals surface area contributed by atoms with Gasteiger partial charge in [0.2, 0.25) is 0 Å². The van der Waals surface area contributed by atoms with Crippen molar-refractivity contribution >= 4 is 23.9 Å². The van der Waals surface area contributed by atoms with Gasteiger partial charge in [0.1, 0.15) is 0 Å². The Hall–Kier alpha value is 0.245. The van der Waals surface area contributed by atoms with Crippen LogP contribution < -0.4 is 0 Å². The van der Waals surface area contributed by atoms with Crippen LogP contribution in [0.4, 0.5) is 0 Å². The van der Waals surface area contributed by atoms with Crippen LogP contribution in [0.1, 0.15) is 19.8 Å². The smallest absolute Gasteiger partial charge is 0.182 e. The predicted molar refractivity (Wildman–Crippen MR) is 48.2 cm³/mol. The topological polar surface area (TPSA) is 3.24 Å². The van der Waals surface area contributed by atoms with Crippen molar-refractivity contribution < 1.29 is 0 Å². The highest BCUT2D eigenvalue weighted by molar-refractivity contribution is 9.11. The molecule has 54 valence electrons. The summed E-state index contributed by atoms with van der Waals surface area (Å²) in [5.74, 6) is 0. The molecule has 3 heteroatoms. The SMILES string of the molecule is [B]N1CCC(=C(C)Br)CC1. The first kappa shape index (κ1) is 8.34. The van der Waals surface area contributed by atoms with Crippen molar-refractivity contribution in [3.05, 3.63) is 10.1 Å². The van der Waals surface area contributed by atoms with Crippen LogP contribution in [0.5, 0.6) is 0 Å². The molecule has 2 radical (unpaired) electrons. The lowest BCUT2D eigenvalue weighted by Gasteiger charge is -2.25. The van der Waals surface area contributed by atoms with Gasteiger partial charge in [-0.2, -0.15) is 0 Å². The first-order valence-corrected chi connectivity index (χ1v) is 4.33. The first-order valence-electron chi connectivity index (χ1n) is 3.54. The second kappa shape index (κ2) is 3.58. The Kier molecular flexibility index (Phi) is 2.99. The van der Waals surface area contributed by atoms with Gasteiger partial charge in [0.25, 0.3) is 0 Å². The fourth-order valence-electron chi connectivity index (χ4n) is 1.14. The van der Waals surface area contributed by atoms with Crippen LogP contribution in [-0.2, 0) is 0 Å². The van der Waals surface area contributed by atoms with E-state index in [2.05, 4.69) is 22.9 Å². The zero-order valence-corrected chi connectivity index (χ0v) is 7.82. The van der Waals surface area contributed by atoms with Crippen molar-refractivity contribution in [2.45, 2.75) is 19.8 Å². The summed E-state index contributed by atoms with van der Waals surface area (Å²) in [6.45, 7) is 4.10. The van der Waals surface area contributed by atoms with Crippen LogP contribution >= 0.6 is 15.9 Å². The first-order chi connectivity index (χ1) is 4.70. The molecule has 0 aromatic carbocycles. The lowest BCUT2D eigenvalue weighted by molar-refractivity contribution is 0.418. The molecule has 0 aromatic rings. The van der Waals surface area contributed by atoms with Gasteiger partial charge in [-0.1, -0.05) is 21.5 Å². The van der Waals surface area contributed by atoms with Crippen LogP contribution in [0.2, 0.25) is 0 Å². The van der Waals surface area contributed by atoms with Crippen molar-refractivity contribution in [3.63, 3.8) is 0 Å². The van der Waals surface area contributed by atoms with Crippen LogP contribution in [0, 0.1) is 0 Å². The number of piperidine rings is 1. The van der Waals surface area contributed by atoms with Crippen LogP contribution in [0.15, 0.2) is 10.1 Å². The van der Waals surface area contributed by atoms with E-state index in [-0.39, 0.29) is 0 Å². The molecule has 0 unspecified atom stereocenters. The maximum Gasteiger partial charge on any atom is 0.182 e. The molecule has 10 heavy (non-hydrogen) atoms. The molecular formula is C7H11BBrN. The van der Waals surface area contributed by atoms with Crippen molar-refractivity contribution in [2.75, 3.05) is 13.1 Å². The second-order valence-electron chi connectivity index (χ2n) is 2.67. The Balaban J connectivity index is 2.48. The Morgan fingerprint density at radius 3 is 2.40 bits per heavy atom. The molecule has 0 bridgehead atoms. The quantitative estimate of drug-likeness (QED) is 0.539. The minimum Gasteiger partial charge on any atom is -0.353 e. The zero-order valence-electron chi connectivity index (χ0n) is 6.23. The summed E-state index contributed by atoms with van der Waals surface area (Å²) in [5, 5.41) is 0. The third-order valence-electron chi connectivity index (χ3n) is 1.89. The summed E-state index contributed by atoms with van der Waals surface area (Å²) >= 11 is 3.48. The second-order valence-corrected chi connectivity index (χ2v) is 3.86. The maximum atomic E-state index is 5.59. The van der Waals surface area contributed by atoms with E-state index in [9.17, 15) is 0 Å². The summed E-state index contributed by atoms with van der Waals surface area (Å²) in [6, 6.07) is 0. The Bertz CT molecular complexity index is 142. The van der Waals surface area contributed by atoms with Gasteiger partial charge in [-0.3, -0.25) is 0 Å². The molecule has 1 nitrogen and oxygen atoms in total. The maximum absolute atomic E-state index is 5.59. The van der Waals surface area contributed by atoms with Crippen molar-refractivity contribution in [3.8, 4) is 0 Å². The zero-order chi connectivity index (χ0) is 7.56. The summed E-state index contributed by atoms with van der Waals surface area (Å²) in [7, 11) is 5.59. The molecule has 1 heterocycles. The lowest BCUT2D eigenvalue weighted by Crippen LogP contribution is -2.27. The van der Waals surface area contributed by atoms with Gasteiger partial charge in [0, 0.05) is 0 Å². The number of allylic oxidation sites excluding steroid dienone is 1. The molecule has 0 atom stereocenters. The Morgan fingerprint density at radius 2 is 2.00 bits per heavy atom. The highest BCUT2D eigenvalue weighted by atomic mass is 79.9. The Morgan fingerprint density at radius 1 is 1.50 bits per heavy atom. The third-order valence-corrected chi connectivity index (χ3v) is 2.45. The molecular weight excluding hydrogens is 189 g/mol. The highest BCUT2D eigenvalue weighted by Crippen LogP contribution is 2.21. The molecule has 0 spiro atoms. The number of hydrogen-bond donors (Lipinski definition) is 0. The van der Waals surface area contributed by atoms with Crippen molar-refractivity contribution in [2.24, 2.45) is 0 Å². The van der Waals surface area contributed by atoms with Gasteiger partial charge in [0.05, 0.1) is 0 Å². The van der Waals surface area contributed by atoms with Gasteiger partial charge < -0.3 is 4.81 Å². The molecule has 1 saturated heterocycles. The summed E-state index contributed by atoms with van der Waals surface area (Å²) < 4.78 is 1.29. The number of rotatable bonds is 0. The summed E-state index contributed by atoms with van der Waals surface area (Å²) in [4.78, 5) is 1.87. The molecule has 0 N–H and O–H groups in total. The van der Waals surface area contributed by atoms with Gasteiger partial charge in [-0.25, -0.2) is 0 Å². The normalized spacial score (nSPS) is 21.2. The molecule has 1 rings (SSSR count). The highest BCUT2D eigenvalue weighted by Gasteiger charge is 2.10. The lowest BCUT2D eigenvalue weighted by atomic mass is 10.0. The minimum absolute atomic E-state index is 0.998. The van der Waals surface area contributed by atoms with E-state index < -0.39 is 0 Å². The van der Waals surface area contributed by atoms with Gasteiger partial charge in [-0.15, -0.1) is 0 Å². The molecule has 0 saturated carbocycles. The predicted octanol–water partition coefficient (Wildman–Crippen LogP) is 1.83. The Labute approximate surface area is 72.0 Å². The monoisotopic (exact) mass is 199 g/mol. The average molecular weight is 200 g/mol. The van der Waals surface area contributed by atoms with E-state index in [4.69, 9.17) is 7.98 Å². The van der Waals surface area contributed by atoms with Gasteiger partial charge >= 0.3 is 0 Å². The van der Waals surface area contributed by atoms with E-state index in [0.29, 0.717) is 0 Å². The van der Waals surface area contributed by atoms with Crippen LogP contribution in [-0.4, -0.2) is 25.9 Å². The fraction of sp³-hybridized carbons (Fsp3) is 0.714. The summed E-state index contributed by atoms with van der Waals surface area (Å²) in [6.07, 6.45) is 2.24. The van der Waals surface area contributed by atoms with Crippen LogP contribution in [0.25, 0.3) is 0 Å². The average Bonchev–Trinajstić information content (AvgIpc) is 1.88. The number of hydrogen-bond acceptors (Lipinski definition) is 1. The van der Waals surface area contributed by atoms with Gasteiger partial charge in [0.15, 0.2) is 7.98 Å². The van der Waals surface area contributed by atoms with E-state index in [1.807, 2.05) is 4.81 Å². The van der Waals surface area contributed by atoms with E-state index in [1.54, 1.807) is 0 Å². The standard InChI is InChI=1S/C7H11BBrN/c1-6(9)7-2-4-10(8)5-3-7/h2-5H2,1H3. The molecule has 0 aliphatic carbocycles. The third kappa shape index (κ3) is 2.13. The largest absolute Gasteiger partial charge is 0.353 e. The molecule has 1 aliphatic rings. The molecule has 1 aliphatic heterocycles. The summed E-state index contributed by atoms with van der Waals surface area (Å²) in [5.41, 5.74) is 1.52. The molecule has 0 aromatic heterocycles. The van der Waals surface area contributed by atoms with Gasteiger partial charge in [-0.05, 0) is 37.3 Å². The van der Waals surface area contributed by atoms with E-state index in [1.165, 1.54) is 10.1 Å².